The summed E-state index contributed by atoms with van der Waals surface area (Å²) in [5.74, 6) is -1.50. The van der Waals surface area contributed by atoms with Gasteiger partial charge >= 0.3 is 12.1 Å². The fraction of sp³-hybridized carbons (Fsp3) is 0.385. The Bertz CT molecular complexity index is 1190. The molecule has 3 aliphatic rings. The van der Waals surface area contributed by atoms with Gasteiger partial charge in [0.1, 0.15) is 24.7 Å². The van der Waals surface area contributed by atoms with Gasteiger partial charge in [0, 0.05) is 0 Å². The number of anilines is 1. The van der Waals surface area contributed by atoms with Crippen LogP contribution >= 0.6 is 0 Å². The zero-order chi connectivity index (χ0) is 25.2. The molecule has 3 aliphatic heterocycles. The minimum atomic E-state index is -1.43. The zero-order valence-corrected chi connectivity index (χ0v) is 19.5. The van der Waals surface area contributed by atoms with E-state index in [1.165, 1.54) is 4.90 Å². The van der Waals surface area contributed by atoms with Crippen molar-refractivity contribution in [3.63, 3.8) is 0 Å². The molecule has 10 heteroatoms. The van der Waals surface area contributed by atoms with Gasteiger partial charge in [-0.2, -0.15) is 0 Å². The van der Waals surface area contributed by atoms with Crippen LogP contribution in [0.1, 0.15) is 36.0 Å². The van der Waals surface area contributed by atoms with E-state index in [9.17, 15) is 24.3 Å². The summed E-state index contributed by atoms with van der Waals surface area (Å²) in [5, 5.41) is 15.3. The van der Waals surface area contributed by atoms with Gasteiger partial charge in [0.2, 0.25) is 18.1 Å². The molecule has 2 unspecified atom stereocenters. The number of hydrogen-bond acceptors (Lipinski definition) is 7. The summed E-state index contributed by atoms with van der Waals surface area (Å²) >= 11 is 0. The number of rotatable bonds is 5. The second-order valence-electron chi connectivity index (χ2n) is 9.18. The Morgan fingerprint density at radius 2 is 1.72 bits per heavy atom. The van der Waals surface area contributed by atoms with Crippen LogP contribution in [0.2, 0.25) is 0 Å². The number of carbonyl (C=O) groups excluding carboxylic acids is 4. The number of benzene rings is 2. The molecule has 2 aromatic carbocycles. The molecule has 0 bridgehead atoms. The first-order valence-electron chi connectivity index (χ1n) is 12.0. The summed E-state index contributed by atoms with van der Waals surface area (Å²) in [5.41, 5.74) is 3.38. The molecule has 0 aromatic heterocycles. The third-order valence-corrected chi connectivity index (χ3v) is 6.80. The van der Waals surface area contributed by atoms with Gasteiger partial charge in [-0.1, -0.05) is 48.5 Å². The molecule has 0 radical (unpaired) electrons. The lowest BCUT2D eigenvalue weighted by atomic mass is 9.92. The Morgan fingerprint density at radius 1 is 1.00 bits per heavy atom. The van der Waals surface area contributed by atoms with Gasteiger partial charge in [0.05, 0.1) is 12.1 Å². The number of esters is 1. The van der Waals surface area contributed by atoms with E-state index in [1.807, 2.05) is 48.5 Å². The summed E-state index contributed by atoms with van der Waals surface area (Å²) in [7, 11) is 0. The number of amides is 3. The summed E-state index contributed by atoms with van der Waals surface area (Å²) in [4.78, 5) is 52.5. The molecule has 2 aromatic rings. The number of cyclic esters (lactones) is 1. The second-order valence-corrected chi connectivity index (χ2v) is 9.18. The van der Waals surface area contributed by atoms with Gasteiger partial charge < -0.3 is 25.2 Å². The van der Waals surface area contributed by atoms with Crippen LogP contribution in [0.3, 0.4) is 0 Å². The lowest BCUT2D eigenvalue weighted by Crippen LogP contribution is -2.58. The first-order valence-corrected chi connectivity index (χ1v) is 12.0. The van der Waals surface area contributed by atoms with Crippen molar-refractivity contribution >= 4 is 29.6 Å². The molecule has 3 amide bonds. The van der Waals surface area contributed by atoms with E-state index in [4.69, 9.17) is 9.47 Å². The maximum absolute atomic E-state index is 13.8. The number of carbonyl (C=O) groups is 4. The van der Waals surface area contributed by atoms with Crippen molar-refractivity contribution in [1.82, 2.24) is 10.6 Å². The van der Waals surface area contributed by atoms with Gasteiger partial charge in [-0.05, 0) is 42.4 Å². The molecular formula is C26H27N3O7. The van der Waals surface area contributed by atoms with Gasteiger partial charge in [0.15, 0.2) is 0 Å². The van der Waals surface area contributed by atoms with E-state index in [1.54, 1.807) is 0 Å². The lowest BCUT2D eigenvalue weighted by Gasteiger charge is -2.38. The minimum Gasteiger partial charge on any atom is -0.445 e. The van der Waals surface area contributed by atoms with Crippen LogP contribution < -0.4 is 15.5 Å². The highest BCUT2D eigenvalue weighted by Gasteiger charge is 2.43. The number of aliphatic hydroxyl groups excluding tert-OH is 1. The molecule has 188 valence electrons. The van der Waals surface area contributed by atoms with Crippen molar-refractivity contribution < 1.29 is 33.8 Å². The van der Waals surface area contributed by atoms with Crippen molar-refractivity contribution in [2.24, 2.45) is 0 Å². The molecule has 1 fully saturated rings. The third kappa shape index (κ3) is 4.76. The molecule has 0 spiro atoms. The summed E-state index contributed by atoms with van der Waals surface area (Å²) < 4.78 is 10.0. The number of nitrogens with one attached hydrogen (secondary N) is 2. The van der Waals surface area contributed by atoms with Crippen LogP contribution in [0.5, 0.6) is 0 Å². The predicted molar refractivity (Wildman–Crippen MR) is 127 cm³/mol. The molecular weight excluding hydrogens is 466 g/mol. The Balaban J connectivity index is 1.35. The molecule has 0 aliphatic carbocycles. The van der Waals surface area contributed by atoms with Crippen molar-refractivity contribution in [2.45, 2.75) is 63.1 Å². The lowest BCUT2D eigenvalue weighted by molar-refractivity contribution is -0.155. The van der Waals surface area contributed by atoms with Gasteiger partial charge in [0.25, 0.3) is 0 Å². The molecule has 1 saturated heterocycles. The zero-order valence-electron chi connectivity index (χ0n) is 19.5. The van der Waals surface area contributed by atoms with E-state index in [0.29, 0.717) is 31.4 Å². The smallest absolute Gasteiger partial charge is 0.408 e. The largest absolute Gasteiger partial charge is 0.445 e. The first-order chi connectivity index (χ1) is 17.4. The van der Waals surface area contributed by atoms with Crippen molar-refractivity contribution in [1.29, 1.82) is 0 Å². The Hall–Kier alpha value is -3.92. The molecule has 5 rings (SSSR count). The van der Waals surface area contributed by atoms with Gasteiger partial charge in [-0.15, -0.1) is 0 Å². The highest BCUT2D eigenvalue weighted by atomic mass is 16.6. The average molecular weight is 494 g/mol. The SMILES string of the molecule is O=C1C[C@H](NC(=O)C2CCc3cccc4c3N2C(=O)[C@@H](NC(=O)OCc2ccccc2)CC4)C(O)O1. The highest BCUT2D eigenvalue weighted by Crippen LogP contribution is 2.38. The molecule has 4 atom stereocenters. The number of aliphatic hydroxyl groups is 1. The fourth-order valence-corrected chi connectivity index (χ4v) is 5.03. The standard InChI is InChI=1S/C26H27N3O7/c30-21-13-19(25(33)36-21)27-23(31)20-12-10-17-8-4-7-16-9-11-18(24(32)29(20)22(16)17)28-26(34)35-14-15-5-2-1-3-6-15/h1-8,18-20,25,33H,9-14H2,(H,27,31)(H,28,34)/t18-,19-,20?,25?/m0/s1. The summed E-state index contributed by atoms with van der Waals surface area (Å²) in [6.45, 7) is 0.0667. The summed E-state index contributed by atoms with van der Waals surface area (Å²) in [6, 6.07) is 12.4. The van der Waals surface area contributed by atoms with E-state index in [0.717, 1.165) is 16.7 Å². The molecule has 36 heavy (non-hydrogen) atoms. The van der Waals surface area contributed by atoms with Crippen LogP contribution in [0.4, 0.5) is 10.5 Å². The number of alkyl carbamates (subject to hydrolysis) is 1. The number of ether oxygens (including phenoxy) is 2. The van der Waals surface area contributed by atoms with Crippen LogP contribution in [0.15, 0.2) is 48.5 Å². The molecule has 3 N–H and O–H groups in total. The van der Waals surface area contributed by atoms with E-state index < -0.39 is 48.3 Å². The second kappa shape index (κ2) is 9.98. The van der Waals surface area contributed by atoms with Crippen LogP contribution in [0.25, 0.3) is 0 Å². The topological polar surface area (TPSA) is 134 Å². The number of para-hydroxylation sites is 1. The highest BCUT2D eigenvalue weighted by molar-refractivity contribution is 6.06. The van der Waals surface area contributed by atoms with Crippen molar-refractivity contribution in [3.8, 4) is 0 Å². The van der Waals surface area contributed by atoms with Crippen molar-refractivity contribution in [2.75, 3.05) is 4.90 Å². The van der Waals surface area contributed by atoms with Crippen molar-refractivity contribution in [3.05, 3.63) is 65.2 Å². The van der Waals surface area contributed by atoms with Crippen LogP contribution in [-0.4, -0.2) is 53.4 Å². The number of nitrogens with zero attached hydrogens (tertiary/aromatic N) is 1. The monoisotopic (exact) mass is 493 g/mol. The van der Waals surface area contributed by atoms with Crippen LogP contribution in [-0.2, 0) is 43.3 Å². The van der Waals surface area contributed by atoms with Gasteiger partial charge in [-0.3, -0.25) is 19.3 Å². The van der Waals surface area contributed by atoms with E-state index in [-0.39, 0.29) is 13.0 Å². The first kappa shape index (κ1) is 23.8. The normalized spacial score (nSPS) is 24.9. The van der Waals surface area contributed by atoms with Crippen LogP contribution in [0, 0.1) is 0 Å². The third-order valence-electron chi connectivity index (χ3n) is 6.80. The summed E-state index contributed by atoms with van der Waals surface area (Å²) in [6.07, 6.45) is -0.459. The Kier molecular flexibility index (Phi) is 6.60. The molecule has 0 saturated carbocycles. The van der Waals surface area contributed by atoms with Gasteiger partial charge in [-0.25, -0.2) is 4.79 Å². The maximum Gasteiger partial charge on any atom is 0.408 e. The molecule has 10 nitrogen and oxygen atoms in total. The Labute approximate surface area is 207 Å². The molecule has 3 heterocycles. The fourth-order valence-electron chi connectivity index (χ4n) is 5.03. The van der Waals surface area contributed by atoms with E-state index in [2.05, 4.69) is 10.6 Å². The van der Waals surface area contributed by atoms with E-state index >= 15 is 0 Å². The quantitative estimate of drug-likeness (QED) is 0.535. The number of hydrogen-bond donors (Lipinski definition) is 3. The average Bonchev–Trinajstić information content (AvgIpc) is 3.12. The predicted octanol–water partition coefficient (Wildman–Crippen LogP) is 1.33. The maximum atomic E-state index is 13.8. The Morgan fingerprint density at radius 3 is 2.42 bits per heavy atom. The minimum absolute atomic E-state index is 0.0667. The number of aryl methyl sites for hydroxylation is 2.